The maximum Gasteiger partial charge on any atom is 0.333 e. The molecule has 8 aromatic carbocycles. The van der Waals surface area contributed by atoms with Gasteiger partial charge in [0.2, 0.25) is 0 Å². The molecule has 0 saturated heterocycles. The van der Waals surface area contributed by atoms with Gasteiger partial charge < -0.3 is 14.1 Å². The average molecular weight is 733 g/mol. The van der Waals surface area contributed by atoms with Crippen LogP contribution in [0.4, 0.5) is 22.7 Å². The van der Waals surface area contributed by atoms with Crippen LogP contribution in [0.15, 0.2) is 161 Å². The molecular formula is C51H33BN2OS. The predicted molar refractivity (Wildman–Crippen MR) is 234 cm³/mol. The normalized spacial score (nSPS) is 18.5. The van der Waals surface area contributed by atoms with E-state index in [0.717, 1.165) is 11.2 Å². The second-order valence-electron chi connectivity index (χ2n) is 16.7. The van der Waals surface area contributed by atoms with Gasteiger partial charge in [-0.15, -0.1) is 0 Å². The van der Waals surface area contributed by atoms with Crippen molar-refractivity contribution in [3.05, 3.63) is 174 Å². The molecule has 0 saturated carbocycles. The maximum atomic E-state index is 7.09. The van der Waals surface area contributed by atoms with Gasteiger partial charge >= 0.3 is 6.85 Å². The van der Waals surface area contributed by atoms with Gasteiger partial charge in [-0.05, 0) is 97.0 Å². The summed E-state index contributed by atoms with van der Waals surface area (Å²) >= 11 is 2.01. The molecule has 56 heavy (non-hydrogen) atoms. The molecule has 0 spiro atoms. The van der Waals surface area contributed by atoms with Crippen LogP contribution in [0, 0.1) is 0 Å². The smallest absolute Gasteiger partial charge is 0.333 e. The van der Waals surface area contributed by atoms with Crippen LogP contribution in [0.1, 0.15) is 42.0 Å². The topological polar surface area (TPSA) is 19.6 Å². The zero-order valence-electron chi connectivity index (χ0n) is 30.9. The lowest BCUT2D eigenvalue weighted by Crippen LogP contribution is -2.62. The molecule has 1 aromatic heterocycles. The van der Waals surface area contributed by atoms with Crippen LogP contribution in [-0.4, -0.2) is 12.2 Å². The van der Waals surface area contributed by atoms with Crippen LogP contribution in [0.3, 0.4) is 0 Å². The minimum atomic E-state index is -0.118. The molecule has 4 aliphatic heterocycles. The van der Waals surface area contributed by atoms with Crippen LogP contribution >= 0.6 is 11.8 Å². The Bertz CT molecular complexity index is 3270. The standard InChI is InChI=1S/C51H33BN2OS/c1-51(2)38-18-8-5-14-31(38)32-24-23-29(26-39(32)51)54-41-25-22-28-12-3-4-13-30(28)44(41)37-27-36-33-15-6-9-20-42(33)55-49(36)48-46(37)52(54)40-19-11-17-35-45-34-16-7-10-21-43(34)56-50(45)53(48)47(35)40/h3-27,45,50H,1-2H3. The highest BCUT2D eigenvalue weighted by atomic mass is 32.2. The molecule has 0 bridgehead atoms. The zero-order chi connectivity index (χ0) is 36.6. The van der Waals surface area contributed by atoms with E-state index in [4.69, 9.17) is 4.42 Å². The quantitative estimate of drug-likeness (QED) is 0.157. The van der Waals surface area contributed by atoms with Crippen molar-refractivity contribution < 1.29 is 4.42 Å². The molecule has 2 atom stereocenters. The van der Waals surface area contributed by atoms with Crippen LogP contribution < -0.4 is 20.6 Å². The van der Waals surface area contributed by atoms with Crippen LogP contribution in [0.2, 0.25) is 0 Å². The highest BCUT2D eigenvalue weighted by molar-refractivity contribution is 8.00. The Morgan fingerprint density at radius 2 is 1.41 bits per heavy atom. The summed E-state index contributed by atoms with van der Waals surface area (Å²) in [5, 5.41) is 5.07. The fourth-order valence-electron chi connectivity index (χ4n) is 11.4. The van der Waals surface area contributed by atoms with E-state index in [2.05, 4.69) is 175 Å². The zero-order valence-corrected chi connectivity index (χ0v) is 31.7. The highest BCUT2D eigenvalue weighted by Crippen LogP contribution is 2.62. The van der Waals surface area contributed by atoms with Crippen LogP contribution in [0.5, 0.6) is 0 Å². The molecule has 262 valence electrons. The van der Waals surface area contributed by atoms with E-state index in [1.807, 2.05) is 11.8 Å². The Kier molecular flexibility index (Phi) is 5.47. The molecule has 0 amide bonds. The van der Waals surface area contributed by atoms with E-state index in [1.165, 1.54) is 105 Å². The van der Waals surface area contributed by atoms with Crippen molar-refractivity contribution in [2.45, 2.75) is 35.4 Å². The third-order valence-corrected chi connectivity index (χ3v) is 15.1. The molecule has 0 N–H and O–H groups in total. The summed E-state index contributed by atoms with van der Waals surface area (Å²) in [4.78, 5) is 6.77. The summed E-state index contributed by atoms with van der Waals surface area (Å²) in [5.41, 5.74) is 20.5. The minimum absolute atomic E-state index is 0.0681. The molecule has 5 heterocycles. The lowest BCUT2D eigenvalue weighted by atomic mass is 9.43. The number of fused-ring (bicyclic) bond motifs is 18. The van der Waals surface area contributed by atoms with E-state index in [-0.39, 0.29) is 23.6 Å². The molecular weight excluding hydrogens is 699 g/mol. The van der Waals surface area contributed by atoms with Crippen LogP contribution in [-0.2, 0) is 5.41 Å². The number of anilines is 4. The summed E-state index contributed by atoms with van der Waals surface area (Å²) in [7, 11) is 0. The summed E-state index contributed by atoms with van der Waals surface area (Å²) in [6.07, 6.45) is 0. The van der Waals surface area contributed by atoms with E-state index in [0.29, 0.717) is 0 Å². The molecule has 9 aromatic rings. The molecule has 1 aliphatic carbocycles. The predicted octanol–water partition coefficient (Wildman–Crippen LogP) is 12.0. The van der Waals surface area contributed by atoms with E-state index in [9.17, 15) is 0 Å². The van der Waals surface area contributed by atoms with Crippen LogP contribution in [0.25, 0.3) is 55.0 Å². The first kappa shape index (κ1) is 30.1. The van der Waals surface area contributed by atoms with Gasteiger partial charge in [-0.1, -0.05) is 141 Å². The lowest BCUT2D eigenvalue weighted by molar-refractivity contribution is 0.660. The van der Waals surface area contributed by atoms with Gasteiger partial charge in [0.25, 0.3) is 0 Å². The van der Waals surface area contributed by atoms with Gasteiger partial charge in [0.05, 0.1) is 11.1 Å². The minimum Gasteiger partial charge on any atom is -0.454 e. The van der Waals surface area contributed by atoms with Crippen molar-refractivity contribution in [3.8, 4) is 22.3 Å². The number of thioether (sulfide) groups is 1. The fraction of sp³-hybridized carbons (Fsp3) is 0.0980. The average Bonchev–Trinajstić information content (AvgIpc) is 3.96. The largest absolute Gasteiger partial charge is 0.454 e. The molecule has 5 aliphatic rings. The lowest BCUT2D eigenvalue weighted by Gasteiger charge is -2.46. The van der Waals surface area contributed by atoms with Gasteiger partial charge in [0.15, 0.2) is 5.58 Å². The summed E-state index contributed by atoms with van der Waals surface area (Å²) < 4.78 is 7.09. The Labute approximate surface area is 329 Å². The van der Waals surface area contributed by atoms with E-state index in [1.54, 1.807) is 0 Å². The Balaban J connectivity index is 1.14. The van der Waals surface area contributed by atoms with Gasteiger partial charge in [-0.3, -0.25) is 0 Å². The SMILES string of the molecule is CC1(C)c2ccccc2-c2ccc(N3B4c5cccc6c5N(c5c4c(cc4c5oc5ccccc54)-c4c3ccc3ccccc43)C3Sc4ccccc4C63)cc21. The number of nitrogens with zero attached hydrogens (tertiary/aromatic N) is 2. The molecule has 14 rings (SSSR count). The fourth-order valence-corrected chi connectivity index (χ4v) is 12.9. The monoisotopic (exact) mass is 732 g/mol. The Hall–Kier alpha value is -6.17. The molecule has 3 nitrogen and oxygen atoms in total. The Morgan fingerprint density at radius 3 is 2.36 bits per heavy atom. The van der Waals surface area contributed by atoms with Crippen molar-refractivity contribution >= 4 is 85.0 Å². The third kappa shape index (κ3) is 3.47. The van der Waals surface area contributed by atoms with Crippen molar-refractivity contribution in [1.29, 1.82) is 0 Å². The summed E-state index contributed by atoms with van der Waals surface area (Å²) in [6, 6.07) is 57.2. The third-order valence-electron chi connectivity index (χ3n) is 13.7. The first-order valence-corrected chi connectivity index (χ1v) is 20.7. The highest BCUT2D eigenvalue weighted by Gasteiger charge is 2.55. The number of rotatable bonds is 1. The first-order valence-electron chi connectivity index (χ1n) is 19.8. The van der Waals surface area contributed by atoms with Gasteiger partial charge in [0.1, 0.15) is 5.58 Å². The number of benzene rings is 8. The number of para-hydroxylation sites is 2. The number of hydrogen-bond donors (Lipinski definition) is 0. The molecule has 5 heteroatoms. The van der Waals surface area contributed by atoms with Crippen molar-refractivity contribution in [2.24, 2.45) is 0 Å². The molecule has 2 unspecified atom stereocenters. The van der Waals surface area contributed by atoms with Crippen molar-refractivity contribution in [2.75, 3.05) is 9.71 Å². The second kappa shape index (κ2) is 10.2. The van der Waals surface area contributed by atoms with Gasteiger partial charge in [0, 0.05) is 49.6 Å². The number of hydrogen-bond acceptors (Lipinski definition) is 4. The summed E-state index contributed by atoms with van der Waals surface area (Å²) in [6.45, 7) is 4.71. The second-order valence-corrected chi connectivity index (χ2v) is 17.9. The molecule has 0 radical (unpaired) electrons. The van der Waals surface area contributed by atoms with Crippen molar-refractivity contribution in [1.82, 2.24) is 0 Å². The number of furan rings is 1. The molecule has 0 fully saturated rings. The van der Waals surface area contributed by atoms with E-state index < -0.39 is 0 Å². The van der Waals surface area contributed by atoms with Crippen molar-refractivity contribution in [3.63, 3.8) is 0 Å². The Morgan fingerprint density at radius 1 is 0.625 bits per heavy atom. The maximum absolute atomic E-state index is 7.09. The van der Waals surface area contributed by atoms with E-state index >= 15 is 0 Å². The van der Waals surface area contributed by atoms with Gasteiger partial charge in [-0.25, -0.2) is 0 Å². The first-order chi connectivity index (χ1) is 27.6. The summed E-state index contributed by atoms with van der Waals surface area (Å²) in [5.74, 6) is 0.262. The van der Waals surface area contributed by atoms with Gasteiger partial charge in [-0.2, -0.15) is 0 Å².